The van der Waals surface area contributed by atoms with Crippen molar-refractivity contribution in [3.8, 4) is 0 Å². The molecule has 0 aromatic heterocycles. The van der Waals surface area contributed by atoms with Crippen molar-refractivity contribution < 1.29 is 59.2 Å². The van der Waals surface area contributed by atoms with Crippen LogP contribution in [-0.4, -0.2) is 122 Å². The molecule has 3 fully saturated rings. The van der Waals surface area contributed by atoms with Gasteiger partial charge in [-0.25, -0.2) is 9.59 Å². The van der Waals surface area contributed by atoms with Gasteiger partial charge in [-0.1, -0.05) is 11.6 Å². The van der Waals surface area contributed by atoms with E-state index in [1.165, 1.54) is 5.57 Å². The van der Waals surface area contributed by atoms with E-state index in [0.29, 0.717) is 12.2 Å². The Bertz CT molecular complexity index is 953. The Balaban J connectivity index is 0.000000459. The largest absolute Gasteiger partial charge is 0.478 e. The molecule has 0 aromatic rings. The molecule has 0 spiro atoms. The fraction of sp³-hybridized carbons (Fsp3) is 0.731. The van der Waals surface area contributed by atoms with E-state index in [1.807, 2.05) is 0 Å². The van der Waals surface area contributed by atoms with E-state index in [9.17, 15) is 34.8 Å². The number of fused-ring (bicyclic) bond motifs is 3. The minimum Gasteiger partial charge on any atom is -0.478 e. The number of hydrogen-bond acceptors (Lipinski definition) is 11. The topological polar surface area (TPSA) is 207 Å². The summed E-state index contributed by atoms with van der Waals surface area (Å²) in [6, 6.07) is -0.937. The molecule has 4 aliphatic rings. The van der Waals surface area contributed by atoms with E-state index in [0.717, 1.165) is 25.7 Å². The highest BCUT2D eigenvalue weighted by Gasteiger charge is 2.63. The number of allylic oxidation sites excluding steroid dienone is 2. The lowest BCUT2D eigenvalue weighted by atomic mass is 9.80. The molecule has 10 atom stereocenters. The van der Waals surface area contributed by atoms with Crippen LogP contribution in [0.4, 0.5) is 0 Å². The molecular formula is C26H39NO12. The van der Waals surface area contributed by atoms with Crippen LogP contribution in [0.1, 0.15) is 39.5 Å². The lowest BCUT2D eigenvalue weighted by Gasteiger charge is -2.44. The molecule has 0 aromatic carbocycles. The number of aliphatic hydroxyl groups is 4. The second kappa shape index (κ2) is 12.9. The van der Waals surface area contributed by atoms with E-state index >= 15 is 0 Å². The Morgan fingerprint density at radius 3 is 2.38 bits per heavy atom. The number of likely N-dealkylation sites (N-methyl/N-ethyl adjacent to an activating group) is 1. The third-order valence-corrected chi connectivity index (χ3v) is 7.97. The standard InChI is InChI=1S/C22H35NO8.C4H4O4/c1-11-5-4-8-22(2)19(31-22)18-12(7-6-11)13(20(27)30-18)9-23(3)15-17(26)16(25)14(10-24)29-21(15)28;5-3(6)1-2-4(7)8/h5,12-19,21,24-26,28H,4,6-10H2,1-3H3;1-2H,(H,5,6)(H,7,8)/b;2-1+/t12-,13-,14+,15+,16+,17+,18-,19-,21+,22+;/m0./s1. The van der Waals surface area contributed by atoms with Crippen molar-refractivity contribution in [3.05, 3.63) is 23.8 Å². The second-order valence-electron chi connectivity index (χ2n) is 10.8. The minimum absolute atomic E-state index is 0.0443. The molecule has 3 heterocycles. The van der Waals surface area contributed by atoms with Crippen LogP contribution in [0.2, 0.25) is 0 Å². The van der Waals surface area contributed by atoms with Gasteiger partial charge in [-0.05, 0) is 46.6 Å². The molecule has 0 unspecified atom stereocenters. The number of hydrogen-bond donors (Lipinski definition) is 6. The van der Waals surface area contributed by atoms with Gasteiger partial charge in [0.15, 0.2) is 6.29 Å². The van der Waals surface area contributed by atoms with Crippen LogP contribution in [0.5, 0.6) is 0 Å². The number of carboxylic acids is 2. The van der Waals surface area contributed by atoms with Gasteiger partial charge in [-0.2, -0.15) is 0 Å². The third kappa shape index (κ3) is 7.42. The lowest BCUT2D eigenvalue weighted by Crippen LogP contribution is -2.64. The van der Waals surface area contributed by atoms with Gasteiger partial charge in [0.2, 0.25) is 0 Å². The maximum atomic E-state index is 12.9. The van der Waals surface area contributed by atoms with Gasteiger partial charge in [0.1, 0.15) is 30.5 Å². The Morgan fingerprint density at radius 1 is 1.15 bits per heavy atom. The van der Waals surface area contributed by atoms with Crippen molar-refractivity contribution in [3.63, 3.8) is 0 Å². The van der Waals surface area contributed by atoms with Gasteiger partial charge >= 0.3 is 17.9 Å². The Hall–Kier alpha value is -2.39. The summed E-state index contributed by atoms with van der Waals surface area (Å²) < 4.78 is 17.1. The molecule has 39 heavy (non-hydrogen) atoms. The summed E-state index contributed by atoms with van der Waals surface area (Å²) in [6.45, 7) is 3.90. The molecule has 4 rings (SSSR count). The second-order valence-corrected chi connectivity index (χ2v) is 10.8. The van der Waals surface area contributed by atoms with Gasteiger partial charge in [-0.3, -0.25) is 9.69 Å². The first-order valence-electron chi connectivity index (χ1n) is 13.0. The minimum atomic E-state index is -1.40. The molecule has 0 saturated carbocycles. The molecule has 3 saturated heterocycles. The van der Waals surface area contributed by atoms with Gasteiger partial charge in [0, 0.05) is 24.6 Å². The van der Waals surface area contributed by atoms with Crippen molar-refractivity contribution in [2.75, 3.05) is 20.2 Å². The Labute approximate surface area is 226 Å². The highest BCUT2D eigenvalue weighted by atomic mass is 16.6. The number of carbonyl (C=O) groups excluding carboxylic acids is 1. The van der Waals surface area contributed by atoms with Crippen molar-refractivity contribution in [2.24, 2.45) is 11.8 Å². The zero-order chi connectivity index (χ0) is 29.1. The highest BCUT2D eigenvalue weighted by Crippen LogP contribution is 2.50. The first kappa shape index (κ1) is 31.1. The van der Waals surface area contributed by atoms with Crippen LogP contribution in [0.25, 0.3) is 0 Å². The summed E-state index contributed by atoms with van der Waals surface area (Å²) in [5, 5.41) is 56.0. The first-order valence-corrected chi connectivity index (χ1v) is 13.0. The fourth-order valence-electron chi connectivity index (χ4n) is 5.68. The zero-order valence-electron chi connectivity index (χ0n) is 22.3. The number of carbonyl (C=O) groups is 3. The third-order valence-electron chi connectivity index (χ3n) is 7.97. The predicted molar refractivity (Wildman–Crippen MR) is 133 cm³/mol. The van der Waals surface area contributed by atoms with Crippen LogP contribution in [0.15, 0.2) is 23.8 Å². The van der Waals surface area contributed by atoms with E-state index in [1.54, 1.807) is 11.9 Å². The Morgan fingerprint density at radius 2 is 1.79 bits per heavy atom. The fourth-order valence-corrected chi connectivity index (χ4v) is 5.68. The van der Waals surface area contributed by atoms with Crippen LogP contribution < -0.4 is 0 Å². The van der Waals surface area contributed by atoms with Crippen LogP contribution in [0.3, 0.4) is 0 Å². The SMILES string of the molecule is CC1=CCC[C@@]2(C)O[C@H]2[C@H]2OC(=O)[C@@H](CN(C)[C@@H]3[C@@H](O)[C@H](O)[C@@H](CO)O[C@H]3O)[C@@H]2CC1.O=C(O)/C=C/C(=O)O. The summed E-state index contributed by atoms with van der Waals surface area (Å²) in [6.07, 6.45) is 1.31. The highest BCUT2D eigenvalue weighted by molar-refractivity contribution is 5.89. The van der Waals surface area contributed by atoms with E-state index in [4.69, 9.17) is 24.4 Å². The van der Waals surface area contributed by atoms with Gasteiger partial charge in [0.05, 0.1) is 24.2 Å². The summed E-state index contributed by atoms with van der Waals surface area (Å²) >= 11 is 0. The first-order chi connectivity index (χ1) is 18.3. The molecule has 0 bridgehead atoms. The van der Waals surface area contributed by atoms with Gasteiger partial charge < -0.3 is 44.8 Å². The summed E-state index contributed by atoms with van der Waals surface area (Å²) in [4.78, 5) is 33.6. The van der Waals surface area contributed by atoms with E-state index < -0.39 is 55.1 Å². The zero-order valence-corrected chi connectivity index (χ0v) is 22.3. The molecule has 0 amide bonds. The molecule has 13 nitrogen and oxygen atoms in total. The average molecular weight is 558 g/mol. The molecule has 6 N–H and O–H groups in total. The molecule has 220 valence electrons. The van der Waals surface area contributed by atoms with E-state index in [-0.39, 0.29) is 36.2 Å². The van der Waals surface area contributed by atoms with Crippen molar-refractivity contribution in [1.82, 2.24) is 4.90 Å². The Kier molecular flexibility index (Phi) is 10.3. The summed E-state index contributed by atoms with van der Waals surface area (Å²) in [7, 11) is 1.68. The van der Waals surface area contributed by atoms with Crippen molar-refractivity contribution >= 4 is 17.9 Å². The molecule has 1 aliphatic carbocycles. The van der Waals surface area contributed by atoms with Crippen molar-refractivity contribution in [2.45, 2.75) is 88.0 Å². The summed E-state index contributed by atoms with van der Waals surface area (Å²) in [5.41, 5.74) is 1.02. The number of carboxylic acid groups (broad SMARTS) is 2. The molecular weight excluding hydrogens is 518 g/mol. The number of ether oxygens (including phenoxy) is 3. The van der Waals surface area contributed by atoms with Crippen LogP contribution in [0, 0.1) is 11.8 Å². The quantitative estimate of drug-likeness (QED) is 0.103. The number of aliphatic hydroxyl groups excluding tert-OH is 4. The average Bonchev–Trinajstić information content (AvgIpc) is 3.44. The van der Waals surface area contributed by atoms with E-state index in [2.05, 4.69) is 19.9 Å². The number of rotatable bonds is 6. The van der Waals surface area contributed by atoms with Crippen LogP contribution in [-0.2, 0) is 28.6 Å². The molecule has 13 heteroatoms. The maximum absolute atomic E-state index is 12.9. The number of esters is 1. The molecule has 3 aliphatic heterocycles. The number of epoxide rings is 1. The number of nitrogens with zero attached hydrogens (tertiary/aromatic N) is 1. The van der Waals surface area contributed by atoms with Crippen LogP contribution >= 0.6 is 0 Å². The number of aliphatic carboxylic acids is 2. The smallest absolute Gasteiger partial charge is 0.328 e. The monoisotopic (exact) mass is 557 g/mol. The predicted octanol–water partition coefficient (Wildman–Crippen LogP) is -0.734. The van der Waals surface area contributed by atoms with Crippen molar-refractivity contribution in [1.29, 1.82) is 0 Å². The normalized spacial score (nSPS) is 40.1. The molecule has 0 radical (unpaired) electrons. The lowest BCUT2D eigenvalue weighted by molar-refractivity contribution is -0.271. The maximum Gasteiger partial charge on any atom is 0.328 e. The van der Waals surface area contributed by atoms with Gasteiger partial charge in [0.25, 0.3) is 0 Å². The summed E-state index contributed by atoms with van der Waals surface area (Å²) in [5.74, 6) is -3.30. The van der Waals surface area contributed by atoms with Gasteiger partial charge in [-0.15, -0.1) is 0 Å².